The number of fused-ring (bicyclic) bond motifs is 1. The number of rotatable bonds is 2. The van der Waals surface area contributed by atoms with Crippen molar-refractivity contribution < 1.29 is 14.3 Å². The molecule has 3 N–H and O–H groups in total. The van der Waals surface area contributed by atoms with Gasteiger partial charge in [0, 0.05) is 24.3 Å². The maximum Gasteiger partial charge on any atom is 0.244 e. The number of carbonyl (C=O) groups is 2. The zero-order valence-electron chi connectivity index (χ0n) is 12.3. The summed E-state index contributed by atoms with van der Waals surface area (Å²) >= 11 is 0. The van der Waals surface area contributed by atoms with E-state index in [0.717, 1.165) is 16.9 Å². The fourth-order valence-electron chi connectivity index (χ4n) is 2.71. The Morgan fingerprint density at radius 3 is 2.95 bits per heavy atom. The molecule has 7 heteroatoms. The molecule has 22 heavy (non-hydrogen) atoms. The van der Waals surface area contributed by atoms with Crippen molar-refractivity contribution in [3.05, 3.63) is 23.8 Å². The van der Waals surface area contributed by atoms with Crippen molar-refractivity contribution in [3.8, 4) is 0 Å². The van der Waals surface area contributed by atoms with Crippen LogP contribution in [-0.4, -0.2) is 37.1 Å². The molecule has 0 spiro atoms. The highest BCUT2D eigenvalue weighted by molar-refractivity contribution is 5.97. The van der Waals surface area contributed by atoms with E-state index in [9.17, 15) is 9.59 Å². The predicted molar refractivity (Wildman–Crippen MR) is 86.5 cm³/mol. The van der Waals surface area contributed by atoms with Crippen molar-refractivity contribution in [1.29, 1.82) is 0 Å². The first kappa shape index (κ1) is 16.7. The normalized spacial score (nSPS) is 23.8. The van der Waals surface area contributed by atoms with Crippen LogP contribution in [0.15, 0.2) is 18.2 Å². The van der Waals surface area contributed by atoms with Crippen molar-refractivity contribution in [1.82, 2.24) is 5.32 Å². The van der Waals surface area contributed by atoms with Gasteiger partial charge in [-0.1, -0.05) is 0 Å². The molecule has 2 heterocycles. The summed E-state index contributed by atoms with van der Waals surface area (Å²) in [5, 5.41) is 8.90. The van der Waals surface area contributed by atoms with Crippen LogP contribution < -0.4 is 16.0 Å². The molecule has 0 unspecified atom stereocenters. The lowest BCUT2D eigenvalue weighted by Crippen LogP contribution is -2.53. The van der Waals surface area contributed by atoms with Crippen LogP contribution in [0.2, 0.25) is 0 Å². The summed E-state index contributed by atoms with van der Waals surface area (Å²) in [6.45, 7) is 3.20. The number of hydrogen-bond donors (Lipinski definition) is 3. The van der Waals surface area contributed by atoms with Gasteiger partial charge in [-0.2, -0.15) is 0 Å². The molecule has 3 rings (SSSR count). The number of aryl methyl sites for hydroxylation is 1. The van der Waals surface area contributed by atoms with E-state index < -0.39 is 0 Å². The van der Waals surface area contributed by atoms with Gasteiger partial charge in [-0.25, -0.2) is 0 Å². The zero-order chi connectivity index (χ0) is 14.8. The van der Waals surface area contributed by atoms with E-state index in [1.54, 1.807) is 6.07 Å². The van der Waals surface area contributed by atoms with Crippen molar-refractivity contribution in [2.75, 3.05) is 23.8 Å². The minimum absolute atomic E-state index is 0. The number of ether oxygens (including phenoxy) is 1. The molecule has 2 amide bonds. The third-order valence-corrected chi connectivity index (χ3v) is 3.87. The van der Waals surface area contributed by atoms with E-state index >= 15 is 0 Å². The van der Waals surface area contributed by atoms with Crippen LogP contribution in [0.4, 0.5) is 11.4 Å². The number of anilines is 2. The van der Waals surface area contributed by atoms with Gasteiger partial charge in [-0.15, -0.1) is 12.4 Å². The molecular formula is C15H20ClN3O3. The summed E-state index contributed by atoms with van der Waals surface area (Å²) in [5.74, 6) is -0.0568. The van der Waals surface area contributed by atoms with Gasteiger partial charge in [0.2, 0.25) is 11.8 Å². The van der Waals surface area contributed by atoms with E-state index in [1.165, 1.54) is 0 Å². The number of halogens is 1. The topological polar surface area (TPSA) is 79.5 Å². The van der Waals surface area contributed by atoms with Crippen molar-refractivity contribution in [3.63, 3.8) is 0 Å². The zero-order valence-corrected chi connectivity index (χ0v) is 13.2. The number of morpholine rings is 1. The van der Waals surface area contributed by atoms with Crippen LogP contribution >= 0.6 is 12.4 Å². The number of amides is 2. The second kappa shape index (κ2) is 7.09. The summed E-state index contributed by atoms with van der Waals surface area (Å²) in [7, 11) is 0. The molecule has 0 bridgehead atoms. The van der Waals surface area contributed by atoms with E-state index in [-0.39, 0.29) is 36.4 Å². The molecule has 0 aliphatic carbocycles. The van der Waals surface area contributed by atoms with E-state index in [0.29, 0.717) is 26.0 Å². The second-order valence-corrected chi connectivity index (χ2v) is 5.42. The first-order valence-corrected chi connectivity index (χ1v) is 7.22. The van der Waals surface area contributed by atoms with Crippen LogP contribution in [0, 0.1) is 0 Å². The Balaban J connectivity index is 0.00000176. The van der Waals surface area contributed by atoms with Gasteiger partial charge in [0.1, 0.15) is 6.04 Å². The molecular weight excluding hydrogens is 306 g/mol. The maximum absolute atomic E-state index is 12.3. The fraction of sp³-hybridized carbons (Fsp3) is 0.467. The number of benzene rings is 1. The van der Waals surface area contributed by atoms with Gasteiger partial charge in [-0.3, -0.25) is 9.59 Å². The molecule has 1 fully saturated rings. The van der Waals surface area contributed by atoms with Gasteiger partial charge in [0.05, 0.1) is 12.7 Å². The van der Waals surface area contributed by atoms with Gasteiger partial charge in [0.25, 0.3) is 0 Å². The van der Waals surface area contributed by atoms with Gasteiger partial charge in [0.15, 0.2) is 0 Å². The standard InChI is InChI=1S/C15H19N3O3.ClH/c1-9-14(16-6-7-21-9)15(20)17-11-3-4-12-10(8-11)2-5-13(19)18-12;/h3-4,8-9,14,16H,2,5-7H2,1H3,(H,17,20)(H,18,19);1H/t9-,14+;/m1./s1. The van der Waals surface area contributed by atoms with Crippen LogP contribution in [-0.2, 0) is 20.7 Å². The minimum atomic E-state index is -0.338. The molecule has 2 aliphatic heterocycles. The van der Waals surface area contributed by atoms with Crippen molar-refractivity contribution in [2.24, 2.45) is 0 Å². The first-order chi connectivity index (χ1) is 10.1. The summed E-state index contributed by atoms with van der Waals surface area (Å²) in [6, 6.07) is 5.21. The Bertz CT molecular complexity index is 579. The fourth-order valence-corrected chi connectivity index (χ4v) is 2.71. The molecule has 2 atom stereocenters. The van der Waals surface area contributed by atoms with E-state index in [4.69, 9.17) is 4.74 Å². The van der Waals surface area contributed by atoms with Crippen LogP contribution in [0.1, 0.15) is 18.9 Å². The van der Waals surface area contributed by atoms with Gasteiger partial charge >= 0.3 is 0 Å². The largest absolute Gasteiger partial charge is 0.375 e. The lowest BCUT2D eigenvalue weighted by atomic mass is 10.0. The third-order valence-electron chi connectivity index (χ3n) is 3.87. The summed E-state index contributed by atoms with van der Waals surface area (Å²) in [5.41, 5.74) is 2.62. The quantitative estimate of drug-likeness (QED) is 0.766. The Morgan fingerprint density at radius 2 is 2.18 bits per heavy atom. The first-order valence-electron chi connectivity index (χ1n) is 7.22. The average molecular weight is 326 g/mol. The third kappa shape index (κ3) is 3.58. The maximum atomic E-state index is 12.3. The highest BCUT2D eigenvalue weighted by atomic mass is 35.5. The SMILES string of the molecule is C[C@H]1OCCN[C@@H]1C(=O)Nc1ccc2c(c1)CCC(=O)N2.Cl. The summed E-state index contributed by atoms with van der Waals surface area (Å²) in [6.07, 6.45) is 1.04. The molecule has 2 aliphatic rings. The van der Waals surface area contributed by atoms with Crippen LogP contribution in [0.25, 0.3) is 0 Å². The second-order valence-electron chi connectivity index (χ2n) is 5.42. The number of carbonyl (C=O) groups excluding carboxylic acids is 2. The van der Waals surface area contributed by atoms with Crippen molar-refractivity contribution in [2.45, 2.75) is 31.9 Å². The summed E-state index contributed by atoms with van der Waals surface area (Å²) < 4.78 is 5.48. The Kier molecular flexibility index (Phi) is 5.39. The number of hydrogen-bond acceptors (Lipinski definition) is 4. The van der Waals surface area contributed by atoms with Crippen LogP contribution in [0.3, 0.4) is 0 Å². The molecule has 0 aromatic heterocycles. The minimum Gasteiger partial charge on any atom is -0.375 e. The molecule has 1 saturated heterocycles. The highest BCUT2D eigenvalue weighted by Crippen LogP contribution is 2.25. The van der Waals surface area contributed by atoms with E-state index in [1.807, 2.05) is 19.1 Å². The molecule has 120 valence electrons. The highest BCUT2D eigenvalue weighted by Gasteiger charge is 2.28. The Morgan fingerprint density at radius 1 is 1.36 bits per heavy atom. The van der Waals surface area contributed by atoms with Crippen molar-refractivity contribution >= 4 is 35.6 Å². The molecule has 6 nitrogen and oxygen atoms in total. The number of nitrogens with one attached hydrogen (secondary N) is 3. The average Bonchev–Trinajstić information content (AvgIpc) is 2.48. The Labute approximate surface area is 135 Å². The smallest absolute Gasteiger partial charge is 0.244 e. The van der Waals surface area contributed by atoms with Crippen LogP contribution in [0.5, 0.6) is 0 Å². The monoisotopic (exact) mass is 325 g/mol. The lowest BCUT2D eigenvalue weighted by Gasteiger charge is -2.29. The molecule has 0 saturated carbocycles. The molecule has 0 radical (unpaired) electrons. The van der Waals surface area contributed by atoms with Gasteiger partial charge < -0.3 is 20.7 Å². The molecule has 1 aromatic carbocycles. The van der Waals surface area contributed by atoms with Gasteiger partial charge in [-0.05, 0) is 37.1 Å². The summed E-state index contributed by atoms with van der Waals surface area (Å²) in [4.78, 5) is 23.6. The lowest BCUT2D eigenvalue weighted by molar-refractivity contribution is -0.123. The predicted octanol–water partition coefficient (Wildman–Crippen LogP) is 1.31. The Hall–Kier alpha value is -1.63. The van der Waals surface area contributed by atoms with E-state index in [2.05, 4.69) is 16.0 Å². The molecule has 1 aromatic rings.